The summed E-state index contributed by atoms with van der Waals surface area (Å²) in [6.07, 6.45) is 9.35. The molecule has 3 aromatic heterocycles. The first-order valence-corrected chi connectivity index (χ1v) is 13.5. The molecule has 1 atom stereocenters. The Balaban J connectivity index is 1.47. The number of nitrogens with zero attached hydrogens (tertiary/aromatic N) is 6. The predicted octanol–water partition coefficient (Wildman–Crippen LogP) is 3.13. The molecule has 3 aromatic rings. The van der Waals surface area contributed by atoms with Crippen LogP contribution in [0.2, 0.25) is 0 Å². The molecule has 37 heavy (non-hydrogen) atoms. The van der Waals surface area contributed by atoms with Crippen molar-refractivity contribution >= 4 is 11.5 Å². The second-order valence-corrected chi connectivity index (χ2v) is 11.2. The third-order valence-electron chi connectivity index (χ3n) is 7.68. The maximum absolute atomic E-state index is 10.1. The maximum atomic E-state index is 10.1. The molecule has 10 heteroatoms. The summed E-state index contributed by atoms with van der Waals surface area (Å²) in [7, 11) is 1.69. The molecule has 1 aliphatic carbocycles. The molecule has 0 spiro atoms. The molecule has 10 nitrogen and oxygen atoms in total. The molecule has 0 bridgehead atoms. The first-order valence-electron chi connectivity index (χ1n) is 13.5. The molecule has 4 heterocycles. The van der Waals surface area contributed by atoms with Gasteiger partial charge in [0.15, 0.2) is 0 Å². The number of morpholine rings is 1. The summed E-state index contributed by atoms with van der Waals surface area (Å²) < 4.78 is 14.9. The minimum atomic E-state index is -0.198. The third-order valence-corrected chi connectivity index (χ3v) is 7.68. The summed E-state index contributed by atoms with van der Waals surface area (Å²) in [4.78, 5) is 7.08. The second kappa shape index (κ2) is 11.1. The van der Waals surface area contributed by atoms with Crippen LogP contribution >= 0.6 is 0 Å². The molecule has 5 rings (SSSR count). The average Bonchev–Trinajstić information content (AvgIpc) is 3.51. The summed E-state index contributed by atoms with van der Waals surface area (Å²) in [5.41, 5.74) is 4.13. The Kier molecular flexibility index (Phi) is 7.80. The molecule has 1 saturated heterocycles. The number of ether oxygens (including phenoxy) is 2. The Morgan fingerprint density at radius 3 is 2.68 bits per heavy atom. The summed E-state index contributed by atoms with van der Waals surface area (Å²) in [5.74, 6) is 0.926. The summed E-state index contributed by atoms with van der Waals surface area (Å²) in [5, 5.41) is 23.1. The molecule has 1 aliphatic heterocycles. The van der Waals surface area contributed by atoms with Gasteiger partial charge in [-0.2, -0.15) is 5.10 Å². The van der Waals surface area contributed by atoms with Crippen molar-refractivity contribution in [3.05, 3.63) is 30.4 Å². The highest BCUT2D eigenvalue weighted by Gasteiger charge is 2.28. The normalized spacial score (nSPS) is 22.4. The molecule has 0 amide bonds. The Morgan fingerprint density at radius 2 is 1.95 bits per heavy atom. The van der Waals surface area contributed by atoms with E-state index < -0.39 is 0 Å². The molecule has 0 radical (unpaired) electrons. The fourth-order valence-corrected chi connectivity index (χ4v) is 5.66. The lowest BCUT2D eigenvalue weighted by Crippen LogP contribution is -2.46. The Labute approximate surface area is 219 Å². The van der Waals surface area contributed by atoms with Crippen LogP contribution in [0.1, 0.15) is 58.1 Å². The largest absolute Gasteiger partial charge is 0.393 e. The third kappa shape index (κ3) is 5.82. The number of aromatic nitrogens is 5. The molecule has 2 aliphatic rings. The first-order chi connectivity index (χ1) is 17.8. The monoisotopic (exact) mass is 511 g/mol. The van der Waals surface area contributed by atoms with Gasteiger partial charge in [0.2, 0.25) is 5.95 Å². The molecular weight excluding hydrogens is 470 g/mol. The van der Waals surface area contributed by atoms with Crippen LogP contribution in [-0.4, -0.2) is 93.1 Å². The molecule has 0 aromatic carbocycles. The van der Waals surface area contributed by atoms with Crippen LogP contribution in [-0.2, 0) is 15.0 Å². The average molecular weight is 512 g/mol. The number of hydrogen-bond acceptors (Lipinski definition) is 8. The second-order valence-electron chi connectivity index (χ2n) is 11.2. The molecule has 2 N–H and O–H groups in total. The Hall–Kier alpha value is -2.53. The van der Waals surface area contributed by atoms with E-state index in [0.29, 0.717) is 18.5 Å². The summed E-state index contributed by atoms with van der Waals surface area (Å²) in [6.45, 7) is 11.5. The van der Waals surface area contributed by atoms with Gasteiger partial charge in [-0.3, -0.25) is 9.58 Å². The predicted molar refractivity (Wildman–Crippen MR) is 143 cm³/mol. The number of nitrogens with one attached hydrogen (secondary N) is 1. The van der Waals surface area contributed by atoms with E-state index in [1.165, 1.54) is 5.69 Å². The molecular formula is C27H41N7O3. The van der Waals surface area contributed by atoms with Gasteiger partial charge in [0, 0.05) is 61.7 Å². The van der Waals surface area contributed by atoms with Gasteiger partial charge in [0.25, 0.3) is 0 Å². The van der Waals surface area contributed by atoms with Gasteiger partial charge in [0.1, 0.15) is 0 Å². The summed E-state index contributed by atoms with van der Waals surface area (Å²) >= 11 is 0. The van der Waals surface area contributed by atoms with Gasteiger partial charge in [-0.1, -0.05) is 0 Å². The minimum Gasteiger partial charge on any atom is -0.393 e. The highest BCUT2D eigenvalue weighted by molar-refractivity contribution is 5.81. The smallest absolute Gasteiger partial charge is 0.241 e. The number of fused-ring (bicyclic) bond motifs is 1. The van der Waals surface area contributed by atoms with Gasteiger partial charge in [-0.15, -0.1) is 5.10 Å². The van der Waals surface area contributed by atoms with Crippen molar-refractivity contribution in [2.75, 3.05) is 51.9 Å². The van der Waals surface area contributed by atoms with E-state index in [1.54, 1.807) is 7.11 Å². The number of anilines is 1. The van der Waals surface area contributed by atoms with Crippen molar-refractivity contribution in [1.82, 2.24) is 29.3 Å². The molecule has 0 unspecified atom stereocenters. The fraction of sp³-hybridized carbons (Fsp3) is 0.667. The van der Waals surface area contributed by atoms with E-state index in [0.717, 1.165) is 75.2 Å². The van der Waals surface area contributed by atoms with E-state index in [-0.39, 0.29) is 17.7 Å². The van der Waals surface area contributed by atoms with Crippen LogP contribution in [0.3, 0.4) is 0 Å². The van der Waals surface area contributed by atoms with Gasteiger partial charge in [0.05, 0.1) is 49.4 Å². The van der Waals surface area contributed by atoms with Crippen molar-refractivity contribution in [3.8, 4) is 11.1 Å². The first kappa shape index (κ1) is 26.1. The standard InChI is InChI=1S/C27H41N7O3/c1-19(17-36-4)30-26-28-15-25-23(13-24(34(25)31-26)20-5-7-22(35)8-6-20)21-14-29-33(16-21)27(2,3)18-32-9-11-37-12-10-32/h13-16,19-20,22,35H,5-12,17-18H2,1-4H3,(H,30,31)/t19-,20-,22-/m0/s1. The minimum absolute atomic E-state index is 0.0951. The topological polar surface area (TPSA) is 102 Å². The van der Waals surface area contributed by atoms with Crippen molar-refractivity contribution in [3.63, 3.8) is 0 Å². The highest BCUT2D eigenvalue weighted by atomic mass is 16.5. The van der Waals surface area contributed by atoms with Gasteiger partial charge >= 0.3 is 0 Å². The van der Waals surface area contributed by atoms with Crippen molar-refractivity contribution in [2.24, 2.45) is 0 Å². The van der Waals surface area contributed by atoms with E-state index in [9.17, 15) is 5.11 Å². The van der Waals surface area contributed by atoms with Crippen molar-refractivity contribution in [2.45, 2.75) is 70.1 Å². The van der Waals surface area contributed by atoms with Crippen LogP contribution < -0.4 is 5.32 Å². The van der Waals surface area contributed by atoms with Crippen LogP contribution in [0.5, 0.6) is 0 Å². The quantitative estimate of drug-likeness (QED) is 0.452. The van der Waals surface area contributed by atoms with Gasteiger partial charge < -0.3 is 19.9 Å². The van der Waals surface area contributed by atoms with Crippen LogP contribution in [0.15, 0.2) is 24.7 Å². The zero-order valence-electron chi connectivity index (χ0n) is 22.6. The van der Waals surface area contributed by atoms with Crippen LogP contribution in [0.4, 0.5) is 5.95 Å². The van der Waals surface area contributed by atoms with Crippen molar-refractivity contribution < 1.29 is 14.6 Å². The number of hydrogen-bond donors (Lipinski definition) is 2. The zero-order valence-corrected chi connectivity index (χ0v) is 22.6. The van der Waals surface area contributed by atoms with Crippen LogP contribution in [0.25, 0.3) is 16.6 Å². The highest BCUT2D eigenvalue weighted by Crippen LogP contribution is 2.38. The number of methoxy groups -OCH3 is 1. The Morgan fingerprint density at radius 1 is 1.19 bits per heavy atom. The lowest BCUT2D eigenvalue weighted by Gasteiger charge is -2.35. The van der Waals surface area contributed by atoms with Crippen LogP contribution in [0, 0.1) is 0 Å². The molecule has 1 saturated carbocycles. The number of aliphatic hydroxyl groups excluding tert-OH is 1. The summed E-state index contributed by atoms with van der Waals surface area (Å²) in [6, 6.07) is 2.35. The molecule has 2 fully saturated rings. The number of aliphatic hydroxyl groups is 1. The fourth-order valence-electron chi connectivity index (χ4n) is 5.66. The Bertz CT molecular complexity index is 1180. The van der Waals surface area contributed by atoms with Gasteiger partial charge in [-0.05, 0) is 52.5 Å². The maximum Gasteiger partial charge on any atom is 0.241 e. The van der Waals surface area contributed by atoms with E-state index >= 15 is 0 Å². The van der Waals surface area contributed by atoms with Crippen molar-refractivity contribution in [1.29, 1.82) is 0 Å². The lowest BCUT2D eigenvalue weighted by molar-refractivity contribution is 0.0213. The molecule has 202 valence electrons. The number of rotatable bonds is 9. The SMILES string of the molecule is COC[C@H](C)Nc1ncc2c(-c3cnn(C(C)(C)CN4CCOCC4)c3)cc([C@H]3CC[C@H](O)CC3)n2n1. The zero-order chi connectivity index (χ0) is 26.0. The lowest BCUT2D eigenvalue weighted by atomic mass is 9.85. The van der Waals surface area contributed by atoms with E-state index in [1.807, 2.05) is 16.9 Å². The van der Waals surface area contributed by atoms with Gasteiger partial charge in [-0.25, -0.2) is 9.50 Å². The van der Waals surface area contributed by atoms with E-state index in [2.05, 4.69) is 52.9 Å². The van der Waals surface area contributed by atoms with E-state index in [4.69, 9.17) is 19.7 Å².